The number of hydrogen-bond donors (Lipinski definition) is 1. The Bertz CT molecular complexity index is 335. The van der Waals surface area contributed by atoms with E-state index in [9.17, 15) is 0 Å². The van der Waals surface area contributed by atoms with Gasteiger partial charge in [0.25, 0.3) is 0 Å². The molecule has 1 atom stereocenters. The van der Waals surface area contributed by atoms with Gasteiger partial charge in [0.2, 0.25) is 0 Å². The number of nitrogens with one attached hydrogen (secondary N) is 1. The second-order valence-electron chi connectivity index (χ2n) is 4.33. The van der Waals surface area contributed by atoms with E-state index in [1.54, 1.807) is 0 Å². The summed E-state index contributed by atoms with van der Waals surface area (Å²) in [5.74, 6) is 0.976. The van der Waals surface area contributed by atoms with Gasteiger partial charge in [0, 0.05) is 18.7 Å². The molecule has 1 unspecified atom stereocenters. The topological polar surface area (TPSA) is 30.5 Å². The van der Waals surface area contributed by atoms with Crippen molar-refractivity contribution in [3.8, 4) is 5.75 Å². The van der Waals surface area contributed by atoms with E-state index in [1.807, 2.05) is 18.2 Å². The molecule has 1 aromatic rings. The van der Waals surface area contributed by atoms with Gasteiger partial charge >= 0.3 is 0 Å². The average Bonchev–Trinajstić information content (AvgIpc) is 2.88. The molecule has 17 heavy (non-hydrogen) atoms. The van der Waals surface area contributed by atoms with E-state index >= 15 is 0 Å². The van der Waals surface area contributed by atoms with E-state index in [2.05, 4.69) is 18.3 Å². The third-order valence-corrected chi connectivity index (χ3v) is 2.99. The van der Waals surface area contributed by atoms with Crippen LogP contribution < -0.4 is 10.1 Å². The minimum atomic E-state index is 0.280. The van der Waals surface area contributed by atoms with Crippen LogP contribution in [0.25, 0.3) is 0 Å². The fourth-order valence-electron chi connectivity index (χ4n) is 2.01. The summed E-state index contributed by atoms with van der Waals surface area (Å²) in [6, 6.07) is 8.20. The van der Waals surface area contributed by atoms with Crippen molar-refractivity contribution in [3.63, 3.8) is 0 Å². The van der Waals surface area contributed by atoms with Crippen molar-refractivity contribution in [1.82, 2.24) is 5.32 Å². The number of rotatable bonds is 6. The highest BCUT2D eigenvalue weighted by molar-refractivity contribution is 5.33. The molecule has 3 nitrogen and oxygen atoms in total. The smallest absolute Gasteiger partial charge is 0.123 e. The van der Waals surface area contributed by atoms with Crippen molar-refractivity contribution >= 4 is 0 Å². The van der Waals surface area contributed by atoms with Crippen LogP contribution in [0.3, 0.4) is 0 Å². The van der Waals surface area contributed by atoms with Crippen LogP contribution in [0.2, 0.25) is 0 Å². The summed E-state index contributed by atoms with van der Waals surface area (Å²) in [4.78, 5) is 0. The fourth-order valence-corrected chi connectivity index (χ4v) is 2.01. The lowest BCUT2D eigenvalue weighted by molar-refractivity contribution is 0.0676. The maximum atomic E-state index is 5.85. The van der Waals surface area contributed by atoms with E-state index in [0.29, 0.717) is 6.61 Å². The number of hydrogen-bond acceptors (Lipinski definition) is 3. The number of ether oxygens (including phenoxy) is 2. The molecule has 0 saturated carbocycles. The molecule has 1 heterocycles. The Morgan fingerprint density at radius 1 is 1.41 bits per heavy atom. The van der Waals surface area contributed by atoms with E-state index in [4.69, 9.17) is 9.47 Å². The van der Waals surface area contributed by atoms with E-state index in [1.165, 1.54) is 5.56 Å². The third kappa shape index (κ3) is 3.72. The van der Waals surface area contributed by atoms with Crippen molar-refractivity contribution in [2.45, 2.75) is 32.4 Å². The minimum Gasteiger partial charge on any atom is -0.491 e. The molecule has 1 aromatic carbocycles. The standard InChI is InChI=1S/C14H21NO2/c1-2-15-10-12-6-3-4-8-14(12)17-11-13-7-5-9-16-13/h3-4,6,8,13,15H,2,5,7,9-11H2,1H3. The van der Waals surface area contributed by atoms with Crippen molar-refractivity contribution in [2.24, 2.45) is 0 Å². The first-order chi connectivity index (χ1) is 8.40. The van der Waals surface area contributed by atoms with Gasteiger partial charge in [-0.15, -0.1) is 0 Å². The lowest BCUT2D eigenvalue weighted by atomic mass is 10.2. The summed E-state index contributed by atoms with van der Waals surface area (Å²) in [6.07, 6.45) is 2.56. The SMILES string of the molecule is CCNCc1ccccc1OCC1CCCO1. The van der Waals surface area contributed by atoms with Crippen LogP contribution >= 0.6 is 0 Å². The first kappa shape index (κ1) is 12.4. The normalized spacial score (nSPS) is 19.5. The predicted molar refractivity (Wildman–Crippen MR) is 68.3 cm³/mol. The Kier molecular flexibility index (Phi) is 4.83. The van der Waals surface area contributed by atoms with E-state index in [0.717, 1.165) is 38.3 Å². The van der Waals surface area contributed by atoms with Crippen LogP contribution in [-0.4, -0.2) is 25.9 Å². The van der Waals surface area contributed by atoms with Crippen LogP contribution in [0.15, 0.2) is 24.3 Å². The molecule has 1 saturated heterocycles. The molecule has 0 bridgehead atoms. The van der Waals surface area contributed by atoms with Gasteiger partial charge in [-0.2, -0.15) is 0 Å². The fraction of sp³-hybridized carbons (Fsp3) is 0.571. The molecular weight excluding hydrogens is 214 g/mol. The molecule has 0 aromatic heterocycles. The van der Waals surface area contributed by atoms with Gasteiger partial charge in [-0.05, 0) is 25.5 Å². The van der Waals surface area contributed by atoms with Gasteiger partial charge in [-0.3, -0.25) is 0 Å². The summed E-state index contributed by atoms with van der Waals surface area (Å²) >= 11 is 0. The Morgan fingerprint density at radius 2 is 2.29 bits per heavy atom. The summed E-state index contributed by atoms with van der Waals surface area (Å²) in [6.45, 7) is 5.49. The maximum Gasteiger partial charge on any atom is 0.123 e. The van der Waals surface area contributed by atoms with Gasteiger partial charge in [0.1, 0.15) is 12.4 Å². The lowest BCUT2D eigenvalue weighted by Crippen LogP contribution is -2.18. The zero-order valence-corrected chi connectivity index (χ0v) is 10.4. The average molecular weight is 235 g/mol. The zero-order valence-electron chi connectivity index (χ0n) is 10.4. The largest absolute Gasteiger partial charge is 0.491 e. The summed E-state index contributed by atoms with van der Waals surface area (Å²) < 4.78 is 11.4. The molecule has 0 radical (unpaired) electrons. The van der Waals surface area contributed by atoms with Crippen molar-refractivity contribution in [2.75, 3.05) is 19.8 Å². The molecule has 1 N–H and O–H groups in total. The highest BCUT2D eigenvalue weighted by atomic mass is 16.5. The predicted octanol–water partition coefficient (Wildman–Crippen LogP) is 2.35. The van der Waals surface area contributed by atoms with Gasteiger partial charge in [-0.25, -0.2) is 0 Å². The summed E-state index contributed by atoms with van der Waals surface area (Å²) in [5, 5.41) is 3.32. The first-order valence-corrected chi connectivity index (χ1v) is 6.43. The zero-order chi connectivity index (χ0) is 11.9. The molecule has 1 aliphatic heterocycles. The monoisotopic (exact) mass is 235 g/mol. The molecule has 2 rings (SSSR count). The van der Waals surface area contributed by atoms with E-state index in [-0.39, 0.29) is 6.10 Å². The van der Waals surface area contributed by atoms with Crippen molar-refractivity contribution in [1.29, 1.82) is 0 Å². The van der Waals surface area contributed by atoms with Gasteiger partial charge in [0.15, 0.2) is 0 Å². The van der Waals surface area contributed by atoms with Gasteiger partial charge < -0.3 is 14.8 Å². The van der Waals surface area contributed by atoms with Crippen LogP contribution in [0.5, 0.6) is 5.75 Å². The summed E-state index contributed by atoms with van der Waals surface area (Å²) in [7, 11) is 0. The molecular formula is C14H21NO2. The van der Waals surface area contributed by atoms with Gasteiger partial charge in [0.05, 0.1) is 6.10 Å². The highest BCUT2D eigenvalue weighted by Gasteiger charge is 2.16. The van der Waals surface area contributed by atoms with Crippen LogP contribution in [0, 0.1) is 0 Å². The van der Waals surface area contributed by atoms with Gasteiger partial charge in [-0.1, -0.05) is 25.1 Å². The molecule has 0 spiro atoms. The van der Waals surface area contributed by atoms with E-state index < -0.39 is 0 Å². The Labute approximate surface area is 103 Å². The van der Waals surface area contributed by atoms with Crippen molar-refractivity contribution in [3.05, 3.63) is 29.8 Å². The highest BCUT2D eigenvalue weighted by Crippen LogP contribution is 2.20. The molecule has 1 aliphatic rings. The Hall–Kier alpha value is -1.06. The second-order valence-corrected chi connectivity index (χ2v) is 4.33. The Morgan fingerprint density at radius 3 is 3.06 bits per heavy atom. The Balaban J connectivity index is 1.89. The van der Waals surface area contributed by atoms with Crippen LogP contribution in [0.1, 0.15) is 25.3 Å². The molecule has 0 amide bonds. The molecule has 0 aliphatic carbocycles. The minimum absolute atomic E-state index is 0.280. The maximum absolute atomic E-state index is 5.85. The lowest BCUT2D eigenvalue weighted by Gasteiger charge is -2.14. The van der Waals surface area contributed by atoms with Crippen LogP contribution in [-0.2, 0) is 11.3 Å². The third-order valence-electron chi connectivity index (χ3n) is 2.99. The first-order valence-electron chi connectivity index (χ1n) is 6.43. The van der Waals surface area contributed by atoms with Crippen molar-refractivity contribution < 1.29 is 9.47 Å². The number of para-hydroxylation sites is 1. The summed E-state index contributed by atoms with van der Waals surface area (Å²) in [5.41, 5.74) is 1.22. The van der Waals surface area contributed by atoms with Crippen LogP contribution in [0.4, 0.5) is 0 Å². The molecule has 3 heteroatoms. The molecule has 94 valence electrons. The second kappa shape index (κ2) is 6.62. The number of benzene rings is 1. The molecule has 1 fully saturated rings. The quantitative estimate of drug-likeness (QED) is 0.821.